The van der Waals surface area contributed by atoms with E-state index in [4.69, 9.17) is 0 Å². The summed E-state index contributed by atoms with van der Waals surface area (Å²) in [5, 5.41) is 4.45. The maximum atomic E-state index is 4.25. The van der Waals surface area contributed by atoms with Crippen molar-refractivity contribution in [2.45, 2.75) is 30.8 Å². The van der Waals surface area contributed by atoms with Crippen molar-refractivity contribution in [1.29, 1.82) is 0 Å². The Morgan fingerprint density at radius 1 is 1.38 bits per heavy atom. The van der Waals surface area contributed by atoms with E-state index in [0.717, 1.165) is 17.3 Å². The van der Waals surface area contributed by atoms with Crippen LogP contribution < -0.4 is 5.32 Å². The average Bonchev–Trinajstić information content (AvgIpc) is 2.08. The summed E-state index contributed by atoms with van der Waals surface area (Å²) in [6.45, 7) is 5.09. The highest BCUT2D eigenvalue weighted by molar-refractivity contribution is 7.99. The smallest absolute Gasteiger partial charge is 0.187 e. The van der Waals surface area contributed by atoms with Crippen LogP contribution in [0.3, 0.4) is 0 Å². The molecule has 0 aliphatic carbocycles. The maximum absolute atomic E-state index is 4.25. The number of nitrogens with one attached hydrogen (secondary N) is 1. The lowest BCUT2D eigenvalue weighted by molar-refractivity contribution is 0.793. The Bertz CT molecular complexity index is 246. The highest BCUT2D eigenvalue weighted by Gasteiger charge is 2.00. The second-order valence-electron chi connectivity index (χ2n) is 3.07. The van der Waals surface area contributed by atoms with E-state index in [-0.39, 0.29) is 0 Å². The summed E-state index contributed by atoms with van der Waals surface area (Å²) < 4.78 is 0. The van der Waals surface area contributed by atoms with Crippen LogP contribution in [-0.4, -0.2) is 22.3 Å². The Morgan fingerprint density at radius 2 is 2.00 bits per heavy atom. The number of hydrogen-bond acceptors (Lipinski definition) is 4. The number of nitrogens with zero attached hydrogens (tertiary/aromatic N) is 2. The molecule has 0 aromatic carbocycles. The van der Waals surface area contributed by atoms with Crippen LogP contribution in [0.15, 0.2) is 17.6 Å². The van der Waals surface area contributed by atoms with Crippen LogP contribution in [0.2, 0.25) is 0 Å². The molecule has 1 aromatic rings. The normalized spacial score (nSPS) is 10.8. The zero-order valence-electron chi connectivity index (χ0n) is 8.24. The van der Waals surface area contributed by atoms with Crippen LogP contribution in [0.25, 0.3) is 0 Å². The van der Waals surface area contributed by atoms with E-state index < -0.39 is 0 Å². The van der Waals surface area contributed by atoms with Gasteiger partial charge in [0.05, 0.1) is 0 Å². The van der Waals surface area contributed by atoms with Gasteiger partial charge in [-0.25, -0.2) is 9.97 Å². The molecule has 72 valence electrons. The first-order chi connectivity index (χ1) is 6.22. The molecular weight excluding hydrogens is 182 g/mol. The summed E-state index contributed by atoms with van der Waals surface area (Å²) >= 11 is 1.68. The molecule has 0 spiro atoms. The van der Waals surface area contributed by atoms with Gasteiger partial charge in [-0.1, -0.05) is 25.6 Å². The molecule has 0 aliphatic rings. The van der Waals surface area contributed by atoms with Gasteiger partial charge >= 0.3 is 0 Å². The molecule has 1 N–H and O–H groups in total. The van der Waals surface area contributed by atoms with Crippen LogP contribution in [0.1, 0.15) is 19.4 Å². The number of thioether (sulfide) groups is 1. The summed E-state index contributed by atoms with van der Waals surface area (Å²) in [6.07, 6.45) is 3.74. The fourth-order valence-electron chi connectivity index (χ4n) is 0.910. The van der Waals surface area contributed by atoms with Crippen molar-refractivity contribution in [3.05, 3.63) is 18.0 Å². The van der Waals surface area contributed by atoms with Gasteiger partial charge in [-0.2, -0.15) is 0 Å². The number of hydrogen-bond donors (Lipinski definition) is 1. The Balaban J connectivity index is 2.59. The molecule has 0 atom stereocenters. The van der Waals surface area contributed by atoms with Crippen LogP contribution in [0, 0.1) is 0 Å². The molecule has 0 fully saturated rings. The minimum absolute atomic E-state index is 0.537. The molecule has 3 nitrogen and oxygen atoms in total. The molecule has 0 saturated carbocycles. The van der Waals surface area contributed by atoms with Gasteiger partial charge < -0.3 is 5.32 Å². The number of rotatable bonds is 4. The van der Waals surface area contributed by atoms with Crippen LogP contribution in [-0.2, 0) is 6.54 Å². The molecule has 0 aliphatic heterocycles. The van der Waals surface area contributed by atoms with Crippen LogP contribution >= 0.6 is 11.8 Å². The van der Waals surface area contributed by atoms with Crippen LogP contribution in [0.4, 0.5) is 0 Å². The van der Waals surface area contributed by atoms with E-state index in [2.05, 4.69) is 29.1 Å². The van der Waals surface area contributed by atoms with Gasteiger partial charge in [-0.15, -0.1) is 0 Å². The van der Waals surface area contributed by atoms with Crippen LogP contribution in [0.5, 0.6) is 0 Å². The van der Waals surface area contributed by atoms with Gasteiger partial charge in [0.25, 0.3) is 0 Å². The lowest BCUT2D eigenvalue weighted by atomic mass is 10.3. The minimum Gasteiger partial charge on any atom is -0.316 e. The molecule has 0 amide bonds. The van der Waals surface area contributed by atoms with E-state index in [0.29, 0.717) is 5.25 Å². The Morgan fingerprint density at radius 3 is 2.46 bits per heavy atom. The summed E-state index contributed by atoms with van der Waals surface area (Å²) in [7, 11) is 1.91. The molecule has 0 radical (unpaired) electrons. The highest BCUT2D eigenvalue weighted by atomic mass is 32.2. The first-order valence-corrected chi connectivity index (χ1v) is 5.22. The van der Waals surface area contributed by atoms with E-state index in [1.54, 1.807) is 11.8 Å². The second kappa shape index (κ2) is 5.19. The third-order valence-corrected chi connectivity index (χ3v) is 2.30. The van der Waals surface area contributed by atoms with Gasteiger partial charge in [-0.05, 0) is 7.05 Å². The quantitative estimate of drug-likeness (QED) is 0.589. The third kappa shape index (κ3) is 3.74. The first-order valence-electron chi connectivity index (χ1n) is 4.34. The SMILES string of the molecule is CNCc1cnc(SC(C)C)nc1. The predicted molar refractivity (Wildman–Crippen MR) is 55.8 cm³/mol. The molecule has 4 heteroatoms. The van der Waals surface area contributed by atoms with Crippen molar-refractivity contribution in [2.75, 3.05) is 7.05 Å². The molecule has 1 rings (SSSR count). The lowest BCUT2D eigenvalue weighted by Crippen LogP contribution is -2.06. The fourth-order valence-corrected chi connectivity index (χ4v) is 1.56. The van der Waals surface area contributed by atoms with E-state index in [9.17, 15) is 0 Å². The van der Waals surface area contributed by atoms with Crippen molar-refractivity contribution >= 4 is 11.8 Å². The molecule has 1 heterocycles. The zero-order chi connectivity index (χ0) is 9.68. The van der Waals surface area contributed by atoms with Crippen molar-refractivity contribution in [3.8, 4) is 0 Å². The standard InChI is InChI=1S/C9H15N3S/c1-7(2)13-9-11-5-8(4-10-3)6-12-9/h5-7,10H,4H2,1-3H3. The monoisotopic (exact) mass is 197 g/mol. The Kier molecular flexibility index (Phi) is 4.18. The van der Waals surface area contributed by atoms with Crippen molar-refractivity contribution in [1.82, 2.24) is 15.3 Å². The van der Waals surface area contributed by atoms with E-state index >= 15 is 0 Å². The molecular formula is C9H15N3S. The summed E-state index contributed by atoms with van der Waals surface area (Å²) in [5.41, 5.74) is 1.12. The third-order valence-electron chi connectivity index (χ3n) is 1.40. The summed E-state index contributed by atoms with van der Waals surface area (Å²) in [4.78, 5) is 8.50. The van der Waals surface area contributed by atoms with Crippen molar-refractivity contribution < 1.29 is 0 Å². The first kappa shape index (κ1) is 10.5. The fraction of sp³-hybridized carbons (Fsp3) is 0.556. The maximum Gasteiger partial charge on any atom is 0.187 e. The van der Waals surface area contributed by atoms with E-state index in [1.807, 2.05) is 19.4 Å². The van der Waals surface area contributed by atoms with Gasteiger partial charge in [-0.3, -0.25) is 0 Å². The Hall–Kier alpha value is -0.610. The Labute approximate surface area is 83.4 Å². The summed E-state index contributed by atoms with van der Waals surface area (Å²) in [5.74, 6) is 0. The van der Waals surface area contributed by atoms with Crippen molar-refractivity contribution in [3.63, 3.8) is 0 Å². The van der Waals surface area contributed by atoms with Gasteiger partial charge in [0, 0.05) is 29.8 Å². The zero-order valence-corrected chi connectivity index (χ0v) is 9.06. The summed E-state index contributed by atoms with van der Waals surface area (Å²) in [6, 6.07) is 0. The molecule has 1 aromatic heterocycles. The van der Waals surface area contributed by atoms with Gasteiger partial charge in [0.2, 0.25) is 0 Å². The van der Waals surface area contributed by atoms with Gasteiger partial charge in [0.1, 0.15) is 0 Å². The molecule has 0 bridgehead atoms. The largest absolute Gasteiger partial charge is 0.316 e. The van der Waals surface area contributed by atoms with E-state index in [1.165, 1.54) is 0 Å². The number of aromatic nitrogens is 2. The minimum atomic E-state index is 0.537. The highest BCUT2D eigenvalue weighted by Crippen LogP contribution is 2.17. The predicted octanol–water partition coefficient (Wildman–Crippen LogP) is 1.70. The topological polar surface area (TPSA) is 37.8 Å². The average molecular weight is 197 g/mol. The van der Waals surface area contributed by atoms with Crippen molar-refractivity contribution in [2.24, 2.45) is 0 Å². The van der Waals surface area contributed by atoms with Gasteiger partial charge in [0.15, 0.2) is 5.16 Å². The molecule has 13 heavy (non-hydrogen) atoms. The second-order valence-corrected chi connectivity index (χ2v) is 4.61. The molecule has 0 saturated heterocycles. The lowest BCUT2D eigenvalue weighted by Gasteiger charge is -2.03. The molecule has 0 unspecified atom stereocenters.